The van der Waals surface area contributed by atoms with Gasteiger partial charge in [0, 0.05) is 0 Å². The topological polar surface area (TPSA) is 75.3 Å². The van der Waals surface area contributed by atoms with Crippen molar-refractivity contribution < 1.29 is 14.3 Å². The number of amides is 1. The maximum absolute atomic E-state index is 13.3. The van der Waals surface area contributed by atoms with E-state index in [1.165, 1.54) is 24.3 Å². The minimum Gasteiger partial charge on any atom is -0.506 e. The Bertz CT molecular complexity index is 641. The number of nitrogen functional groups attached to an aromatic ring is 1. The predicted molar refractivity (Wildman–Crippen MR) is 71.6 cm³/mol. The summed E-state index contributed by atoms with van der Waals surface area (Å²) in [7, 11) is 0. The molecule has 2 rings (SSSR count). The van der Waals surface area contributed by atoms with E-state index in [0.29, 0.717) is 0 Å². The molecule has 0 aromatic heterocycles. The van der Waals surface area contributed by atoms with Crippen molar-refractivity contribution in [2.45, 2.75) is 6.92 Å². The Morgan fingerprint density at radius 1 is 1.32 bits per heavy atom. The van der Waals surface area contributed by atoms with Gasteiger partial charge in [-0.3, -0.25) is 4.79 Å². The number of para-hydroxylation sites is 1. The Morgan fingerprint density at radius 2 is 2.05 bits per heavy atom. The smallest absolute Gasteiger partial charge is 0.257 e. The second-order valence-electron chi connectivity index (χ2n) is 4.18. The molecule has 0 saturated heterocycles. The minimum absolute atomic E-state index is 0.0286. The van der Waals surface area contributed by atoms with E-state index >= 15 is 0 Å². The minimum atomic E-state index is -0.652. The lowest BCUT2D eigenvalue weighted by atomic mass is 10.1. The van der Waals surface area contributed by atoms with Gasteiger partial charge in [-0.05, 0) is 36.8 Å². The Labute approximate surface area is 109 Å². The number of benzene rings is 2. The number of hydrogen-bond donors (Lipinski definition) is 3. The molecule has 1 amide bonds. The highest BCUT2D eigenvalue weighted by Crippen LogP contribution is 2.25. The lowest BCUT2D eigenvalue weighted by Crippen LogP contribution is -2.15. The first-order chi connectivity index (χ1) is 8.99. The molecule has 4 N–H and O–H groups in total. The second-order valence-corrected chi connectivity index (χ2v) is 4.18. The molecule has 98 valence electrons. The Balaban J connectivity index is 2.31. The van der Waals surface area contributed by atoms with Crippen LogP contribution in [0.3, 0.4) is 0 Å². The number of anilines is 2. The molecular formula is C14H13FN2O2. The summed E-state index contributed by atoms with van der Waals surface area (Å²) in [5, 5.41) is 12.1. The maximum Gasteiger partial charge on any atom is 0.257 e. The van der Waals surface area contributed by atoms with Crippen LogP contribution in [0.5, 0.6) is 5.75 Å². The number of nitrogens with two attached hydrogens (primary N) is 1. The number of carbonyl (C=O) groups is 1. The lowest BCUT2D eigenvalue weighted by molar-refractivity contribution is 0.102. The molecule has 0 aliphatic rings. The highest BCUT2D eigenvalue weighted by molar-refractivity contribution is 6.08. The van der Waals surface area contributed by atoms with Crippen molar-refractivity contribution in [1.82, 2.24) is 0 Å². The molecule has 5 heteroatoms. The van der Waals surface area contributed by atoms with Gasteiger partial charge in [0.2, 0.25) is 0 Å². The lowest BCUT2D eigenvalue weighted by Gasteiger charge is -2.10. The number of hydrogen-bond acceptors (Lipinski definition) is 3. The third-order valence-electron chi connectivity index (χ3n) is 2.70. The quantitative estimate of drug-likeness (QED) is 0.574. The van der Waals surface area contributed by atoms with Crippen LogP contribution in [0.2, 0.25) is 0 Å². The fourth-order valence-corrected chi connectivity index (χ4v) is 1.67. The predicted octanol–water partition coefficient (Wildman–Crippen LogP) is 2.67. The molecule has 0 aliphatic heterocycles. The molecule has 2 aromatic carbocycles. The van der Waals surface area contributed by atoms with E-state index in [9.17, 15) is 14.3 Å². The van der Waals surface area contributed by atoms with Gasteiger partial charge in [0.05, 0.1) is 16.9 Å². The average molecular weight is 260 g/mol. The van der Waals surface area contributed by atoms with Gasteiger partial charge in [0.1, 0.15) is 11.6 Å². The molecule has 0 heterocycles. The molecule has 0 aliphatic carbocycles. The van der Waals surface area contributed by atoms with E-state index < -0.39 is 11.7 Å². The molecular weight excluding hydrogens is 247 g/mol. The van der Waals surface area contributed by atoms with Crippen LogP contribution in [-0.2, 0) is 0 Å². The third kappa shape index (κ3) is 2.65. The molecule has 4 nitrogen and oxygen atoms in total. The van der Waals surface area contributed by atoms with Crippen LogP contribution in [0.4, 0.5) is 15.8 Å². The van der Waals surface area contributed by atoms with Crippen molar-refractivity contribution in [3.8, 4) is 5.75 Å². The number of aryl methyl sites for hydroxylation is 1. The number of aromatic hydroxyl groups is 1. The largest absolute Gasteiger partial charge is 0.506 e. The number of phenolic OH excluding ortho intramolecular Hbond substituents is 1. The van der Waals surface area contributed by atoms with Crippen LogP contribution >= 0.6 is 0 Å². The molecule has 0 atom stereocenters. The zero-order chi connectivity index (χ0) is 14.0. The molecule has 0 fully saturated rings. The Hall–Kier alpha value is -2.56. The van der Waals surface area contributed by atoms with Gasteiger partial charge in [-0.25, -0.2) is 4.39 Å². The molecule has 0 bridgehead atoms. The molecule has 2 aromatic rings. The van der Waals surface area contributed by atoms with Gasteiger partial charge in [-0.15, -0.1) is 0 Å². The van der Waals surface area contributed by atoms with E-state index in [-0.39, 0.29) is 22.7 Å². The zero-order valence-electron chi connectivity index (χ0n) is 10.3. The van der Waals surface area contributed by atoms with E-state index in [4.69, 9.17) is 5.73 Å². The highest BCUT2D eigenvalue weighted by atomic mass is 19.1. The second kappa shape index (κ2) is 4.97. The van der Waals surface area contributed by atoms with Crippen LogP contribution < -0.4 is 11.1 Å². The monoisotopic (exact) mass is 260 g/mol. The van der Waals surface area contributed by atoms with Gasteiger partial charge in [0.25, 0.3) is 5.91 Å². The highest BCUT2D eigenvalue weighted by Gasteiger charge is 2.14. The number of carbonyl (C=O) groups excluding carboxylic acids is 1. The number of rotatable bonds is 2. The van der Waals surface area contributed by atoms with Gasteiger partial charge in [-0.1, -0.05) is 12.1 Å². The van der Waals surface area contributed by atoms with Crippen LogP contribution in [-0.4, -0.2) is 11.0 Å². The van der Waals surface area contributed by atoms with E-state index in [2.05, 4.69) is 5.32 Å². The van der Waals surface area contributed by atoms with Crippen molar-refractivity contribution in [1.29, 1.82) is 0 Å². The van der Waals surface area contributed by atoms with Gasteiger partial charge < -0.3 is 16.2 Å². The van der Waals surface area contributed by atoms with Crippen LogP contribution in [0.15, 0.2) is 36.4 Å². The van der Waals surface area contributed by atoms with Crippen molar-refractivity contribution in [2.75, 3.05) is 11.1 Å². The molecule has 19 heavy (non-hydrogen) atoms. The van der Waals surface area contributed by atoms with Crippen molar-refractivity contribution in [3.05, 3.63) is 53.3 Å². The first kappa shape index (κ1) is 12.9. The van der Waals surface area contributed by atoms with Crippen molar-refractivity contribution >= 4 is 17.3 Å². The standard InChI is InChI=1S/C14H13FN2O2/c1-8-5-6-12(18)11(7-8)17-14(19)9-3-2-4-10(15)13(9)16/h2-7,18H,16H2,1H3,(H,17,19). The third-order valence-corrected chi connectivity index (χ3v) is 2.70. The van der Waals surface area contributed by atoms with Gasteiger partial charge in [0.15, 0.2) is 0 Å². The summed E-state index contributed by atoms with van der Waals surface area (Å²) in [6.07, 6.45) is 0. The first-order valence-corrected chi connectivity index (χ1v) is 5.64. The van der Waals surface area contributed by atoms with Crippen LogP contribution in [0.1, 0.15) is 15.9 Å². The Morgan fingerprint density at radius 3 is 2.79 bits per heavy atom. The maximum atomic E-state index is 13.3. The molecule has 0 radical (unpaired) electrons. The molecule has 0 spiro atoms. The van der Waals surface area contributed by atoms with Gasteiger partial charge >= 0.3 is 0 Å². The summed E-state index contributed by atoms with van der Waals surface area (Å²) in [6.45, 7) is 1.83. The number of halogens is 1. The SMILES string of the molecule is Cc1ccc(O)c(NC(=O)c2cccc(F)c2N)c1. The van der Waals surface area contributed by atoms with Gasteiger partial charge in [-0.2, -0.15) is 0 Å². The van der Waals surface area contributed by atoms with Crippen molar-refractivity contribution in [2.24, 2.45) is 0 Å². The fourth-order valence-electron chi connectivity index (χ4n) is 1.67. The number of nitrogens with one attached hydrogen (secondary N) is 1. The fraction of sp³-hybridized carbons (Fsp3) is 0.0714. The summed E-state index contributed by atoms with van der Waals surface area (Å²) in [6, 6.07) is 8.79. The number of phenols is 1. The van der Waals surface area contributed by atoms with E-state index in [0.717, 1.165) is 5.56 Å². The van der Waals surface area contributed by atoms with E-state index in [1.54, 1.807) is 12.1 Å². The average Bonchev–Trinajstić information content (AvgIpc) is 2.37. The first-order valence-electron chi connectivity index (χ1n) is 5.64. The van der Waals surface area contributed by atoms with Crippen LogP contribution in [0, 0.1) is 12.7 Å². The van der Waals surface area contributed by atoms with Crippen molar-refractivity contribution in [3.63, 3.8) is 0 Å². The summed E-state index contributed by atoms with van der Waals surface area (Å²) >= 11 is 0. The summed E-state index contributed by atoms with van der Waals surface area (Å²) in [5.41, 5.74) is 6.45. The van der Waals surface area contributed by atoms with E-state index in [1.807, 2.05) is 6.92 Å². The Kier molecular flexibility index (Phi) is 3.37. The normalized spacial score (nSPS) is 10.2. The molecule has 0 saturated carbocycles. The van der Waals surface area contributed by atoms with Crippen LogP contribution in [0.25, 0.3) is 0 Å². The summed E-state index contributed by atoms with van der Waals surface area (Å²) in [5.74, 6) is -1.28. The zero-order valence-corrected chi connectivity index (χ0v) is 10.3. The molecule has 0 unspecified atom stereocenters. The summed E-state index contributed by atoms with van der Waals surface area (Å²) < 4.78 is 13.3. The summed E-state index contributed by atoms with van der Waals surface area (Å²) in [4.78, 5) is 12.0.